The number of nitrogens with zero attached hydrogens (tertiary/aromatic N) is 4. The van der Waals surface area contributed by atoms with Crippen LogP contribution in [0.4, 0.5) is 0 Å². The molecule has 0 aliphatic heterocycles. The average molecular weight is 261 g/mol. The Morgan fingerprint density at radius 3 is 2.47 bits per heavy atom. The van der Waals surface area contributed by atoms with Crippen LogP contribution in [-0.2, 0) is 20.5 Å². The first-order valence-corrected chi connectivity index (χ1v) is 6.75. The molecule has 0 amide bonds. The zero-order chi connectivity index (χ0) is 14.0. The topological polar surface area (TPSA) is 47.7 Å². The van der Waals surface area contributed by atoms with E-state index in [1.807, 2.05) is 29.7 Å². The van der Waals surface area contributed by atoms with E-state index in [1.165, 1.54) is 11.3 Å². The summed E-state index contributed by atoms with van der Waals surface area (Å²) in [5, 5.41) is 12.5. The molecule has 2 aromatic rings. The molecule has 5 heteroatoms. The zero-order valence-electron chi connectivity index (χ0n) is 12.4. The lowest BCUT2D eigenvalue weighted by Gasteiger charge is -2.17. The molecule has 0 aliphatic carbocycles. The maximum Gasteiger partial charge on any atom is 0.0644 e. The van der Waals surface area contributed by atoms with Gasteiger partial charge in [-0.05, 0) is 26.5 Å². The van der Waals surface area contributed by atoms with Crippen LogP contribution in [0.1, 0.15) is 35.6 Å². The van der Waals surface area contributed by atoms with Crippen molar-refractivity contribution in [3.8, 4) is 0 Å². The van der Waals surface area contributed by atoms with E-state index in [2.05, 4.69) is 42.4 Å². The van der Waals surface area contributed by atoms with E-state index in [0.717, 1.165) is 24.4 Å². The van der Waals surface area contributed by atoms with Gasteiger partial charge in [-0.15, -0.1) is 0 Å². The normalized spacial score (nSPS) is 12.9. The molecule has 1 atom stereocenters. The van der Waals surface area contributed by atoms with Gasteiger partial charge in [0.25, 0.3) is 0 Å². The van der Waals surface area contributed by atoms with Crippen molar-refractivity contribution in [1.82, 2.24) is 24.9 Å². The van der Waals surface area contributed by atoms with Crippen molar-refractivity contribution in [3.05, 3.63) is 34.9 Å². The van der Waals surface area contributed by atoms with Crippen LogP contribution in [0.15, 0.2) is 12.3 Å². The molecule has 0 saturated carbocycles. The van der Waals surface area contributed by atoms with Crippen LogP contribution >= 0.6 is 0 Å². The fourth-order valence-corrected chi connectivity index (χ4v) is 2.60. The highest BCUT2D eigenvalue weighted by Gasteiger charge is 2.20. The molecular weight excluding hydrogens is 238 g/mol. The van der Waals surface area contributed by atoms with E-state index in [4.69, 9.17) is 0 Å². The highest BCUT2D eigenvalue weighted by molar-refractivity contribution is 5.29. The van der Waals surface area contributed by atoms with Crippen LogP contribution in [0.3, 0.4) is 0 Å². The van der Waals surface area contributed by atoms with Crippen LogP contribution in [-0.4, -0.2) is 26.1 Å². The third-order valence-corrected chi connectivity index (χ3v) is 3.55. The Kier molecular flexibility index (Phi) is 4.04. The third kappa shape index (κ3) is 2.87. The Labute approximate surface area is 114 Å². The fourth-order valence-electron chi connectivity index (χ4n) is 2.60. The maximum absolute atomic E-state index is 4.51. The second-order valence-corrected chi connectivity index (χ2v) is 5.00. The van der Waals surface area contributed by atoms with Crippen molar-refractivity contribution in [2.24, 2.45) is 14.1 Å². The van der Waals surface area contributed by atoms with Crippen LogP contribution in [0.5, 0.6) is 0 Å². The predicted molar refractivity (Wildman–Crippen MR) is 76.0 cm³/mol. The van der Waals surface area contributed by atoms with E-state index in [1.54, 1.807) is 0 Å². The van der Waals surface area contributed by atoms with Gasteiger partial charge in [-0.3, -0.25) is 9.36 Å². The monoisotopic (exact) mass is 261 g/mol. The second kappa shape index (κ2) is 5.57. The van der Waals surface area contributed by atoms with Gasteiger partial charge in [-0.2, -0.15) is 10.2 Å². The Bertz CT molecular complexity index is 552. The molecule has 0 fully saturated rings. The van der Waals surface area contributed by atoms with E-state index in [0.29, 0.717) is 0 Å². The van der Waals surface area contributed by atoms with Gasteiger partial charge in [0.1, 0.15) is 0 Å². The Hall–Kier alpha value is -1.62. The molecule has 0 spiro atoms. The molecule has 2 heterocycles. The van der Waals surface area contributed by atoms with Crippen molar-refractivity contribution in [2.45, 2.75) is 33.2 Å². The smallest absolute Gasteiger partial charge is 0.0644 e. The quantitative estimate of drug-likeness (QED) is 0.890. The van der Waals surface area contributed by atoms with Gasteiger partial charge in [0.2, 0.25) is 0 Å². The third-order valence-electron chi connectivity index (χ3n) is 3.55. The summed E-state index contributed by atoms with van der Waals surface area (Å²) >= 11 is 0. The summed E-state index contributed by atoms with van der Waals surface area (Å²) in [4.78, 5) is 0. The molecular formula is C14H23N5. The summed E-state index contributed by atoms with van der Waals surface area (Å²) in [6.45, 7) is 7.26. The molecule has 2 rings (SSSR count). The number of rotatable bonds is 5. The first-order chi connectivity index (χ1) is 9.02. The van der Waals surface area contributed by atoms with Crippen molar-refractivity contribution >= 4 is 0 Å². The second-order valence-electron chi connectivity index (χ2n) is 5.00. The molecule has 1 N–H and O–H groups in total. The predicted octanol–water partition coefficient (Wildman–Crippen LogP) is 1.66. The molecule has 2 aromatic heterocycles. The molecule has 0 aromatic carbocycles. The fraction of sp³-hybridized carbons (Fsp3) is 0.571. The van der Waals surface area contributed by atoms with E-state index >= 15 is 0 Å². The van der Waals surface area contributed by atoms with Gasteiger partial charge in [0.15, 0.2) is 0 Å². The standard InChI is InChI=1S/C14H23N5/c1-6-15-13(9-12-7-8-18(4)17-12)14-10(2)16-19(5)11(14)3/h7-8,13,15H,6,9H2,1-5H3. The molecule has 0 aliphatic rings. The largest absolute Gasteiger partial charge is 0.310 e. The summed E-state index contributed by atoms with van der Waals surface area (Å²) in [5.74, 6) is 0. The summed E-state index contributed by atoms with van der Waals surface area (Å²) < 4.78 is 3.80. The van der Waals surface area contributed by atoms with Crippen LogP contribution in [0.25, 0.3) is 0 Å². The molecule has 0 radical (unpaired) electrons. The van der Waals surface area contributed by atoms with Gasteiger partial charge in [-0.1, -0.05) is 6.92 Å². The van der Waals surface area contributed by atoms with Gasteiger partial charge < -0.3 is 5.32 Å². The number of hydrogen-bond donors (Lipinski definition) is 1. The number of hydrogen-bond acceptors (Lipinski definition) is 3. The zero-order valence-corrected chi connectivity index (χ0v) is 12.4. The van der Waals surface area contributed by atoms with Gasteiger partial charge in [-0.25, -0.2) is 0 Å². The molecule has 19 heavy (non-hydrogen) atoms. The maximum atomic E-state index is 4.51. The highest BCUT2D eigenvalue weighted by Crippen LogP contribution is 2.24. The van der Waals surface area contributed by atoms with Crippen molar-refractivity contribution in [2.75, 3.05) is 6.54 Å². The summed E-state index contributed by atoms with van der Waals surface area (Å²) in [7, 11) is 3.95. The summed E-state index contributed by atoms with van der Waals surface area (Å²) in [5.41, 5.74) is 4.73. The lowest BCUT2D eigenvalue weighted by molar-refractivity contribution is 0.534. The molecule has 1 unspecified atom stereocenters. The first kappa shape index (κ1) is 13.8. The van der Waals surface area contributed by atoms with Crippen molar-refractivity contribution in [3.63, 3.8) is 0 Å². The van der Waals surface area contributed by atoms with E-state index < -0.39 is 0 Å². The minimum Gasteiger partial charge on any atom is -0.310 e. The lowest BCUT2D eigenvalue weighted by Crippen LogP contribution is -2.24. The number of aromatic nitrogens is 4. The van der Waals surface area contributed by atoms with Crippen molar-refractivity contribution in [1.29, 1.82) is 0 Å². The summed E-state index contributed by atoms with van der Waals surface area (Å²) in [6, 6.07) is 2.35. The SMILES string of the molecule is CCNC(Cc1ccn(C)n1)c1c(C)nn(C)c1C. The van der Waals surface area contributed by atoms with Gasteiger partial charge >= 0.3 is 0 Å². The number of aryl methyl sites for hydroxylation is 3. The molecule has 104 valence electrons. The van der Waals surface area contributed by atoms with Crippen LogP contribution in [0.2, 0.25) is 0 Å². The first-order valence-electron chi connectivity index (χ1n) is 6.75. The van der Waals surface area contributed by atoms with Crippen molar-refractivity contribution < 1.29 is 0 Å². The van der Waals surface area contributed by atoms with Crippen LogP contribution in [0, 0.1) is 13.8 Å². The summed E-state index contributed by atoms with van der Waals surface area (Å²) in [6.07, 6.45) is 2.88. The van der Waals surface area contributed by atoms with Gasteiger partial charge in [0, 0.05) is 44.0 Å². The minimum absolute atomic E-state index is 0.272. The van der Waals surface area contributed by atoms with E-state index in [-0.39, 0.29) is 6.04 Å². The Balaban J connectivity index is 2.29. The molecule has 0 saturated heterocycles. The van der Waals surface area contributed by atoms with E-state index in [9.17, 15) is 0 Å². The highest BCUT2D eigenvalue weighted by atomic mass is 15.3. The van der Waals surface area contributed by atoms with Crippen LogP contribution < -0.4 is 5.32 Å². The minimum atomic E-state index is 0.272. The number of likely N-dealkylation sites (N-methyl/N-ethyl adjacent to an activating group) is 1. The Morgan fingerprint density at radius 1 is 1.26 bits per heavy atom. The lowest BCUT2D eigenvalue weighted by atomic mass is 10.00. The van der Waals surface area contributed by atoms with Gasteiger partial charge in [0.05, 0.1) is 11.4 Å². The Morgan fingerprint density at radius 2 is 2.00 bits per heavy atom. The molecule has 5 nitrogen and oxygen atoms in total. The number of nitrogens with one attached hydrogen (secondary N) is 1. The average Bonchev–Trinajstić information content (AvgIpc) is 2.84. The molecule has 0 bridgehead atoms.